The van der Waals surface area contributed by atoms with E-state index in [4.69, 9.17) is 4.74 Å². The summed E-state index contributed by atoms with van der Waals surface area (Å²) in [6, 6.07) is 0.352. The molecular formula is C33H66N2O3S. The van der Waals surface area contributed by atoms with Crippen molar-refractivity contribution in [1.82, 2.24) is 9.80 Å². The summed E-state index contributed by atoms with van der Waals surface area (Å²) in [6.45, 7) is 10.3. The first-order valence-electron chi connectivity index (χ1n) is 16.6. The van der Waals surface area contributed by atoms with Crippen LogP contribution in [0.2, 0.25) is 0 Å². The first-order valence-corrected chi connectivity index (χ1v) is 17.6. The molecule has 0 radical (unpaired) electrons. The van der Waals surface area contributed by atoms with E-state index in [-0.39, 0.29) is 17.3 Å². The molecule has 6 heteroatoms. The summed E-state index contributed by atoms with van der Waals surface area (Å²) in [5.74, 6) is 0.707. The number of thioether (sulfide) groups is 1. The van der Waals surface area contributed by atoms with Crippen LogP contribution in [0.5, 0.6) is 0 Å². The number of rotatable bonds is 27. The van der Waals surface area contributed by atoms with E-state index < -0.39 is 0 Å². The van der Waals surface area contributed by atoms with Crippen LogP contribution in [0.15, 0.2) is 0 Å². The van der Waals surface area contributed by atoms with Gasteiger partial charge in [-0.2, -0.15) is 0 Å². The molecule has 0 aliphatic carbocycles. The minimum atomic E-state index is -0.0839. The van der Waals surface area contributed by atoms with Crippen LogP contribution in [0.1, 0.15) is 156 Å². The van der Waals surface area contributed by atoms with Gasteiger partial charge in [0.25, 0.3) is 5.24 Å². The zero-order valence-electron chi connectivity index (χ0n) is 26.9. The van der Waals surface area contributed by atoms with Crippen LogP contribution in [-0.2, 0) is 9.53 Å². The second kappa shape index (κ2) is 27.4. The topological polar surface area (TPSA) is 49.9 Å². The van der Waals surface area contributed by atoms with E-state index in [0.717, 1.165) is 44.4 Å². The van der Waals surface area contributed by atoms with Gasteiger partial charge in [-0.15, -0.1) is 0 Å². The summed E-state index contributed by atoms with van der Waals surface area (Å²) >= 11 is 1.42. The molecular weight excluding hydrogens is 504 g/mol. The van der Waals surface area contributed by atoms with Crippen LogP contribution in [0.4, 0.5) is 4.79 Å². The minimum Gasteiger partial charge on any atom is -0.462 e. The number of carbonyl (C=O) groups excluding carboxylic acids is 2. The second-order valence-corrected chi connectivity index (χ2v) is 12.7. The Kier molecular flexibility index (Phi) is 26.9. The average molecular weight is 571 g/mol. The van der Waals surface area contributed by atoms with E-state index in [1.807, 2.05) is 4.90 Å². The third kappa shape index (κ3) is 23.6. The highest BCUT2D eigenvalue weighted by Crippen LogP contribution is 2.18. The largest absolute Gasteiger partial charge is 0.462 e. The Morgan fingerprint density at radius 2 is 1.13 bits per heavy atom. The minimum absolute atomic E-state index is 0.0596. The van der Waals surface area contributed by atoms with Gasteiger partial charge in [0.1, 0.15) is 6.10 Å². The molecule has 0 rings (SSSR count). The molecule has 0 spiro atoms. The fraction of sp³-hybridized carbons (Fsp3) is 0.939. The summed E-state index contributed by atoms with van der Waals surface area (Å²) in [6.07, 6.45) is 22.9. The predicted octanol–water partition coefficient (Wildman–Crippen LogP) is 9.87. The van der Waals surface area contributed by atoms with Crippen molar-refractivity contribution in [1.29, 1.82) is 0 Å². The second-order valence-electron chi connectivity index (χ2n) is 11.8. The molecule has 0 N–H and O–H groups in total. The van der Waals surface area contributed by atoms with Crippen LogP contribution < -0.4 is 0 Å². The average Bonchev–Trinajstić information content (AvgIpc) is 2.91. The molecule has 0 fully saturated rings. The van der Waals surface area contributed by atoms with E-state index in [2.05, 4.69) is 46.7 Å². The van der Waals surface area contributed by atoms with Crippen LogP contribution >= 0.6 is 11.8 Å². The third-order valence-corrected chi connectivity index (χ3v) is 8.89. The van der Waals surface area contributed by atoms with Gasteiger partial charge in [-0.1, -0.05) is 116 Å². The van der Waals surface area contributed by atoms with Gasteiger partial charge in [-0.25, -0.2) is 0 Å². The van der Waals surface area contributed by atoms with Crippen LogP contribution in [0.25, 0.3) is 0 Å². The fourth-order valence-corrected chi connectivity index (χ4v) is 5.73. The van der Waals surface area contributed by atoms with Crippen molar-refractivity contribution in [2.45, 2.75) is 168 Å². The number of unbranched alkanes of at least 4 members (excludes halogenated alkanes) is 13. The maximum Gasteiger partial charge on any atom is 0.306 e. The SMILES string of the molecule is CCCCCCCCCCN(CCCC(=O)OC(CCCCCC)CCCCCC)C(=O)SCC(C)N(C)C. The smallest absolute Gasteiger partial charge is 0.306 e. The van der Waals surface area contributed by atoms with Crippen molar-refractivity contribution >= 4 is 23.0 Å². The Morgan fingerprint density at radius 1 is 0.667 bits per heavy atom. The monoisotopic (exact) mass is 570 g/mol. The molecule has 0 saturated carbocycles. The number of hydrogen-bond acceptors (Lipinski definition) is 5. The maximum absolute atomic E-state index is 13.1. The Bertz CT molecular complexity index is 561. The molecule has 0 saturated heterocycles. The Hall–Kier alpha value is -0.750. The molecule has 0 aromatic carbocycles. The molecule has 0 aliphatic heterocycles. The van der Waals surface area contributed by atoms with E-state index in [1.54, 1.807) is 0 Å². The number of nitrogens with zero attached hydrogens (tertiary/aromatic N) is 2. The van der Waals surface area contributed by atoms with Gasteiger partial charge >= 0.3 is 5.97 Å². The summed E-state index contributed by atoms with van der Waals surface area (Å²) < 4.78 is 5.96. The molecule has 0 aromatic rings. The first kappa shape index (κ1) is 38.2. The van der Waals surface area contributed by atoms with Crippen molar-refractivity contribution in [2.75, 3.05) is 32.9 Å². The van der Waals surface area contributed by atoms with Gasteiger partial charge in [-0.05, 0) is 59.5 Å². The Labute approximate surface area is 247 Å². The molecule has 0 aromatic heterocycles. The van der Waals surface area contributed by atoms with Gasteiger partial charge < -0.3 is 14.5 Å². The zero-order chi connectivity index (χ0) is 29.1. The normalized spacial score (nSPS) is 12.3. The van der Waals surface area contributed by atoms with E-state index in [1.165, 1.54) is 95.2 Å². The number of amides is 1. The van der Waals surface area contributed by atoms with Crippen molar-refractivity contribution < 1.29 is 14.3 Å². The van der Waals surface area contributed by atoms with Crippen molar-refractivity contribution in [2.24, 2.45) is 0 Å². The Morgan fingerprint density at radius 3 is 1.64 bits per heavy atom. The van der Waals surface area contributed by atoms with E-state index >= 15 is 0 Å². The van der Waals surface area contributed by atoms with Crippen molar-refractivity contribution in [3.8, 4) is 0 Å². The first-order chi connectivity index (χ1) is 18.8. The zero-order valence-corrected chi connectivity index (χ0v) is 27.8. The lowest BCUT2D eigenvalue weighted by Crippen LogP contribution is -2.33. The summed E-state index contributed by atoms with van der Waals surface area (Å²) in [5, 5.41) is 0.157. The molecule has 1 amide bonds. The van der Waals surface area contributed by atoms with Gasteiger partial charge in [0.05, 0.1) is 0 Å². The molecule has 232 valence electrons. The van der Waals surface area contributed by atoms with Gasteiger partial charge in [0.2, 0.25) is 0 Å². The Balaban J connectivity index is 4.67. The molecule has 39 heavy (non-hydrogen) atoms. The van der Waals surface area contributed by atoms with Gasteiger partial charge in [0.15, 0.2) is 0 Å². The van der Waals surface area contributed by atoms with Crippen molar-refractivity contribution in [3.05, 3.63) is 0 Å². The highest BCUT2D eigenvalue weighted by molar-refractivity contribution is 8.13. The number of hydrogen-bond donors (Lipinski definition) is 0. The molecule has 0 aliphatic rings. The van der Waals surface area contributed by atoms with E-state index in [9.17, 15) is 9.59 Å². The van der Waals surface area contributed by atoms with E-state index in [0.29, 0.717) is 25.4 Å². The summed E-state index contributed by atoms with van der Waals surface area (Å²) in [4.78, 5) is 29.9. The van der Waals surface area contributed by atoms with Gasteiger partial charge in [0, 0.05) is 31.3 Å². The lowest BCUT2D eigenvalue weighted by molar-refractivity contribution is -0.150. The van der Waals surface area contributed by atoms with Crippen LogP contribution in [0, 0.1) is 0 Å². The molecule has 0 bridgehead atoms. The van der Waals surface area contributed by atoms with Crippen LogP contribution in [0.3, 0.4) is 0 Å². The standard InChI is InChI=1S/C33H66N2O3S/c1-7-10-13-16-17-18-19-22-27-35(33(37)39-29-30(4)34(5)6)28-23-26-32(36)38-31(24-20-14-11-8-2)25-21-15-12-9-3/h30-31H,7-29H2,1-6H3. The highest BCUT2D eigenvalue weighted by atomic mass is 32.2. The summed E-state index contributed by atoms with van der Waals surface area (Å²) in [7, 11) is 4.11. The van der Waals surface area contributed by atoms with Gasteiger partial charge in [-0.3, -0.25) is 9.59 Å². The summed E-state index contributed by atoms with van der Waals surface area (Å²) in [5.41, 5.74) is 0. The molecule has 1 unspecified atom stereocenters. The molecule has 5 nitrogen and oxygen atoms in total. The van der Waals surface area contributed by atoms with Crippen LogP contribution in [-0.4, -0.2) is 66.1 Å². The fourth-order valence-electron chi connectivity index (χ4n) is 4.68. The predicted molar refractivity (Wildman–Crippen MR) is 172 cm³/mol. The molecule has 1 atom stereocenters. The number of carbonyl (C=O) groups is 2. The lowest BCUT2D eigenvalue weighted by atomic mass is 10.0. The quantitative estimate of drug-likeness (QED) is 0.0726. The number of esters is 1. The van der Waals surface area contributed by atoms with Crippen molar-refractivity contribution in [3.63, 3.8) is 0 Å². The molecule has 0 heterocycles. The third-order valence-electron chi connectivity index (χ3n) is 7.74. The lowest BCUT2D eigenvalue weighted by Gasteiger charge is -2.24. The number of ether oxygens (including phenoxy) is 1. The maximum atomic E-state index is 13.1. The highest BCUT2D eigenvalue weighted by Gasteiger charge is 2.18.